The van der Waals surface area contributed by atoms with Gasteiger partial charge < -0.3 is 19.5 Å². The lowest BCUT2D eigenvalue weighted by atomic mass is 10.1. The first-order valence-corrected chi connectivity index (χ1v) is 10.6. The molecule has 1 atom stereocenters. The highest BCUT2D eigenvalue weighted by atomic mass is 35.5. The molecule has 0 amide bonds. The Morgan fingerprint density at radius 3 is 2.24 bits per heavy atom. The zero-order chi connectivity index (χ0) is 24.3. The molecule has 2 aromatic carbocycles. The van der Waals surface area contributed by atoms with Gasteiger partial charge in [0.05, 0.1) is 18.6 Å². The molecule has 0 saturated carbocycles. The number of aliphatic carboxylic acids is 2. The van der Waals surface area contributed by atoms with E-state index >= 15 is 0 Å². The van der Waals surface area contributed by atoms with E-state index in [9.17, 15) is 0 Å². The second kappa shape index (κ2) is 12.2. The predicted molar refractivity (Wildman–Crippen MR) is 123 cm³/mol. The highest BCUT2D eigenvalue weighted by molar-refractivity contribution is 6.30. The molecule has 34 heavy (non-hydrogen) atoms. The van der Waals surface area contributed by atoms with Crippen LogP contribution in [0.1, 0.15) is 12.0 Å². The first-order chi connectivity index (χ1) is 16.4. The Labute approximate surface area is 200 Å². The minimum atomic E-state index is -1.82. The fraction of sp³-hybridized carbons (Fsp3) is 0.174. The lowest BCUT2D eigenvalue weighted by Crippen LogP contribution is -2.23. The lowest BCUT2D eigenvalue weighted by Gasteiger charge is -2.20. The minimum absolute atomic E-state index is 0.0158. The third-order valence-corrected chi connectivity index (χ3v) is 4.90. The van der Waals surface area contributed by atoms with E-state index in [4.69, 9.17) is 36.1 Å². The van der Waals surface area contributed by atoms with Gasteiger partial charge in [-0.05, 0) is 54.8 Å². The Balaban J connectivity index is 0.000000481. The summed E-state index contributed by atoms with van der Waals surface area (Å²) in [5.74, 6) is -2.82. The number of carboxylic acid groups (broad SMARTS) is 2. The van der Waals surface area contributed by atoms with Crippen LogP contribution in [0, 0.1) is 0 Å². The summed E-state index contributed by atoms with van der Waals surface area (Å²) >= 11 is 5.98. The Kier molecular flexibility index (Phi) is 8.75. The number of carboxylic acids is 2. The minimum Gasteiger partial charge on any atom is -0.489 e. The number of nitrogens with zero attached hydrogens (tertiary/aromatic N) is 5. The number of ether oxygens (including phenoxy) is 1. The number of carbonyl (C=O) groups is 2. The number of halogens is 1. The van der Waals surface area contributed by atoms with Crippen LogP contribution in [0.4, 0.5) is 0 Å². The van der Waals surface area contributed by atoms with Gasteiger partial charge in [-0.1, -0.05) is 23.7 Å². The third kappa shape index (κ3) is 7.75. The van der Waals surface area contributed by atoms with Gasteiger partial charge >= 0.3 is 11.9 Å². The van der Waals surface area contributed by atoms with Gasteiger partial charge in [0.25, 0.3) is 0 Å². The standard InChI is InChI=1S/C21H20ClN5O.C2H2O4/c22-18-4-1-17(2-5-18)3-8-21(13-26-12-11-23-15-26)28-20-9-6-19(7-10-20)27-16-24-14-25-27;3-1(4)2(5)6/h1-2,4-7,9-12,14-16,21H,3,8,13H2;(H,3,4)(H,5,6). The maximum Gasteiger partial charge on any atom is 0.414 e. The number of rotatable bonds is 8. The van der Waals surface area contributed by atoms with Crippen LogP contribution in [0.5, 0.6) is 5.75 Å². The van der Waals surface area contributed by atoms with E-state index in [1.165, 1.54) is 11.9 Å². The number of hydrogen-bond donors (Lipinski definition) is 2. The summed E-state index contributed by atoms with van der Waals surface area (Å²) in [4.78, 5) is 26.3. The van der Waals surface area contributed by atoms with Crippen LogP contribution in [0.15, 0.2) is 79.9 Å². The number of aryl methyl sites for hydroxylation is 1. The van der Waals surface area contributed by atoms with Crippen LogP contribution in [-0.2, 0) is 22.6 Å². The molecule has 0 spiro atoms. The molecule has 1 unspecified atom stereocenters. The van der Waals surface area contributed by atoms with Crippen LogP contribution < -0.4 is 4.74 Å². The molecule has 0 fully saturated rings. The highest BCUT2D eigenvalue weighted by Gasteiger charge is 2.13. The largest absolute Gasteiger partial charge is 0.489 e. The lowest BCUT2D eigenvalue weighted by molar-refractivity contribution is -0.159. The van der Waals surface area contributed by atoms with Crippen molar-refractivity contribution in [1.82, 2.24) is 24.3 Å². The fourth-order valence-corrected chi connectivity index (χ4v) is 3.13. The number of imidazole rings is 1. The van der Waals surface area contributed by atoms with Crippen molar-refractivity contribution in [3.63, 3.8) is 0 Å². The third-order valence-electron chi connectivity index (χ3n) is 4.65. The van der Waals surface area contributed by atoms with Crippen LogP contribution in [0.3, 0.4) is 0 Å². The van der Waals surface area contributed by atoms with Crippen molar-refractivity contribution in [3.05, 3.63) is 90.5 Å². The average Bonchev–Trinajstić information content (AvgIpc) is 3.54. The van der Waals surface area contributed by atoms with Crippen LogP contribution >= 0.6 is 11.6 Å². The van der Waals surface area contributed by atoms with Crippen molar-refractivity contribution in [3.8, 4) is 11.4 Å². The van der Waals surface area contributed by atoms with E-state index in [1.54, 1.807) is 17.2 Å². The quantitative estimate of drug-likeness (QED) is 0.364. The van der Waals surface area contributed by atoms with Crippen molar-refractivity contribution in [1.29, 1.82) is 0 Å². The zero-order valence-electron chi connectivity index (χ0n) is 17.9. The van der Waals surface area contributed by atoms with Crippen LogP contribution in [-0.4, -0.2) is 52.6 Å². The van der Waals surface area contributed by atoms with Gasteiger partial charge in [-0.25, -0.2) is 24.2 Å². The summed E-state index contributed by atoms with van der Waals surface area (Å²) in [5.41, 5.74) is 2.18. The van der Waals surface area contributed by atoms with Crippen molar-refractivity contribution < 1.29 is 24.5 Å². The first kappa shape index (κ1) is 24.5. The summed E-state index contributed by atoms with van der Waals surface area (Å²) in [6.07, 6.45) is 10.5. The fourth-order valence-electron chi connectivity index (χ4n) is 3.01. The Bertz CT molecular complexity index is 1150. The molecule has 0 saturated heterocycles. The molecule has 0 aliphatic carbocycles. The van der Waals surface area contributed by atoms with Gasteiger partial charge in [0.1, 0.15) is 24.5 Å². The van der Waals surface area contributed by atoms with Crippen molar-refractivity contribution >= 4 is 23.5 Å². The summed E-state index contributed by atoms with van der Waals surface area (Å²) in [7, 11) is 0. The van der Waals surface area contributed by atoms with Gasteiger partial charge in [0.2, 0.25) is 0 Å². The van der Waals surface area contributed by atoms with E-state index in [1.807, 2.05) is 53.5 Å². The van der Waals surface area contributed by atoms with Crippen LogP contribution in [0.2, 0.25) is 5.02 Å². The smallest absolute Gasteiger partial charge is 0.414 e. The van der Waals surface area contributed by atoms with Gasteiger partial charge in [0, 0.05) is 17.4 Å². The monoisotopic (exact) mass is 483 g/mol. The van der Waals surface area contributed by atoms with Crippen molar-refractivity contribution in [2.24, 2.45) is 0 Å². The first-order valence-electron chi connectivity index (χ1n) is 10.2. The number of aromatic nitrogens is 5. The molecule has 11 heteroatoms. The average molecular weight is 484 g/mol. The second-order valence-electron chi connectivity index (χ2n) is 7.11. The van der Waals surface area contributed by atoms with E-state index in [2.05, 4.69) is 27.2 Å². The zero-order valence-corrected chi connectivity index (χ0v) is 18.7. The second-order valence-corrected chi connectivity index (χ2v) is 7.55. The topological polar surface area (TPSA) is 132 Å². The molecule has 2 aromatic heterocycles. The summed E-state index contributed by atoms with van der Waals surface area (Å²) in [6, 6.07) is 15.8. The van der Waals surface area contributed by atoms with Crippen LogP contribution in [0.25, 0.3) is 5.69 Å². The Hall–Kier alpha value is -4.18. The molecule has 0 aliphatic rings. The Morgan fingerprint density at radius 2 is 1.68 bits per heavy atom. The molecule has 4 rings (SSSR count). The predicted octanol–water partition coefficient (Wildman–Crippen LogP) is 3.35. The molecule has 2 N–H and O–H groups in total. The maximum atomic E-state index is 9.10. The highest BCUT2D eigenvalue weighted by Crippen LogP contribution is 2.19. The van der Waals surface area contributed by atoms with Gasteiger partial charge in [-0.2, -0.15) is 5.10 Å². The molecule has 10 nitrogen and oxygen atoms in total. The molecular formula is C23H22ClN5O5. The molecule has 176 valence electrons. The number of benzene rings is 2. The molecule has 0 bridgehead atoms. The summed E-state index contributed by atoms with van der Waals surface area (Å²) in [6.45, 7) is 0.735. The normalized spacial score (nSPS) is 11.2. The van der Waals surface area contributed by atoms with E-state index in [-0.39, 0.29) is 6.10 Å². The van der Waals surface area contributed by atoms with Gasteiger partial charge in [-0.3, -0.25) is 0 Å². The molecule has 4 aromatic rings. The molecule has 2 heterocycles. The van der Waals surface area contributed by atoms with E-state index < -0.39 is 11.9 Å². The molecular weight excluding hydrogens is 462 g/mol. The summed E-state index contributed by atoms with van der Waals surface area (Å²) in [5, 5.41) is 19.7. The number of hydrogen-bond acceptors (Lipinski definition) is 6. The Morgan fingerprint density at radius 1 is 0.971 bits per heavy atom. The molecule has 0 aliphatic heterocycles. The van der Waals surface area contributed by atoms with Gasteiger partial charge in [0.15, 0.2) is 0 Å². The molecule has 0 radical (unpaired) electrons. The van der Waals surface area contributed by atoms with E-state index in [0.29, 0.717) is 0 Å². The van der Waals surface area contributed by atoms with Crippen molar-refractivity contribution in [2.45, 2.75) is 25.5 Å². The van der Waals surface area contributed by atoms with Crippen molar-refractivity contribution in [2.75, 3.05) is 0 Å². The van der Waals surface area contributed by atoms with E-state index in [0.717, 1.165) is 35.8 Å². The summed E-state index contributed by atoms with van der Waals surface area (Å²) < 4.78 is 10.0. The SMILES string of the molecule is Clc1ccc(CCC(Cn2ccnc2)Oc2ccc(-n3cncn3)cc2)cc1.O=C(O)C(=O)O. The van der Waals surface area contributed by atoms with Gasteiger partial charge in [-0.15, -0.1) is 0 Å². The maximum absolute atomic E-state index is 9.10.